The number of aryl methyl sites for hydroxylation is 1. The summed E-state index contributed by atoms with van der Waals surface area (Å²) in [7, 11) is 2.10. The third-order valence-electron chi connectivity index (χ3n) is 2.95. The molecule has 1 aromatic carbocycles. The van der Waals surface area contributed by atoms with Gasteiger partial charge in [0.1, 0.15) is 0 Å². The molecule has 0 amide bonds. The van der Waals surface area contributed by atoms with Gasteiger partial charge in [-0.3, -0.25) is 0 Å². The van der Waals surface area contributed by atoms with Gasteiger partial charge in [0.2, 0.25) is 0 Å². The van der Waals surface area contributed by atoms with Crippen molar-refractivity contribution in [2.24, 2.45) is 0 Å². The van der Waals surface area contributed by atoms with Crippen molar-refractivity contribution in [2.45, 2.75) is 19.9 Å². The summed E-state index contributed by atoms with van der Waals surface area (Å²) in [4.78, 5) is 4.59. The molecule has 0 saturated carbocycles. The van der Waals surface area contributed by atoms with Crippen molar-refractivity contribution >= 4 is 17.0 Å². The van der Waals surface area contributed by atoms with Crippen molar-refractivity contribution in [1.82, 2.24) is 0 Å². The van der Waals surface area contributed by atoms with Gasteiger partial charge in [0.05, 0.1) is 18.0 Å². The molecule has 0 fully saturated rings. The molecule has 1 aromatic heterocycles. The fourth-order valence-corrected chi connectivity index (χ4v) is 2.86. The Hall–Kier alpha value is -1.76. The molecule has 0 unspecified atom stereocenters. The predicted molar refractivity (Wildman–Crippen MR) is 86.2 cm³/mol. The van der Waals surface area contributed by atoms with Crippen molar-refractivity contribution in [3.63, 3.8) is 0 Å². The summed E-state index contributed by atoms with van der Waals surface area (Å²) in [5.41, 5.74) is 2.50. The van der Waals surface area contributed by atoms with Crippen LogP contribution in [0.2, 0.25) is 0 Å². The lowest BCUT2D eigenvalue weighted by Crippen LogP contribution is -2.15. The Morgan fingerprint density at radius 3 is 2.85 bits per heavy atom. The number of nitrogens with zero attached hydrogens (tertiary/aromatic N) is 1. The number of hydrogen-bond donors (Lipinski definition) is 1. The number of aliphatic hydroxyl groups excluding tert-OH is 1. The molecule has 104 valence electrons. The molecule has 0 bridgehead atoms. The Morgan fingerprint density at radius 1 is 1.25 bits per heavy atom. The zero-order valence-corrected chi connectivity index (χ0v) is 12.7. The van der Waals surface area contributed by atoms with Crippen molar-refractivity contribution < 1.29 is 5.11 Å². The van der Waals surface area contributed by atoms with E-state index in [0.717, 1.165) is 11.4 Å². The lowest BCUT2D eigenvalue weighted by molar-refractivity contribution is 0.305. The molecular formula is C17H19NOS. The standard InChI is InChI=1S/C17H19NOS/c1-14-6-5-7-15(12-14)18(2)13-17-10-9-16(20-17)8-3-4-11-19/h5-7,9-10,12,19H,4,11,13H2,1-2H3. The van der Waals surface area contributed by atoms with Gasteiger partial charge in [0.25, 0.3) is 0 Å². The van der Waals surface area contributed by atoms with E-state index in [0.29, 0.717) is 6.42 Å². The van der Waals surface area contributed by atoms with Crippen molar-refractivity contribution in [3.8, 4) is 11.8 Å². The van der Waals surface area contributed by atoms with Gasteiger partial charge in [-0.05, 0) is 36.8 Å². The highest BCUT2D eigenvalue weighted by Crippen LogP contribution is 2.21. The molecule has 0 spiro atoms. The van der Waals surface area contributed by atoms with E-state index in [1.54, 1.807) is 11.3 Å². The van der Waals surface area contributed by atoms with Gasteiger partial charge in [-0.2, -0.15) is 0 Å². The number of rotatable bonds is 4. The lowest BCUT2D eigenvalue weighted by atomic mass is 10.2. The molecule has 3 heteroatoms. The van der Waals surface area contributed by atoms with Crippen LogP contribution in [0, 0.1) is 18.8 Å². The highest BCUT2D eigenvalue weighted by Gasteiger charge is 2.04. The van der Waals surface area contributed by atoms with Gasteiger partial charge in [0.15, 0.2) is 0 Å². The highest BCUT2D eigenvalue weighted by molar-refractivity contribution is 7.12. The second kappa shape index (κ2) is 7.14. The Morgan fingerprint density at radius 2 is 2.10 bits per heavy atom. The second-order valence-electron chi connectivity index (χ2n) is 4.74. The van der Waals surface area contributed by atoms with E-state index in [9.17, 15) is 0 Å². The quantitative estimate of drug-likeness (QED) is 0.870. The van der Waals surface area contributed by atoms with Crippen molar-refractivity contribution in [2.75, 3.05) is 18.6 Å². The summed E-state index contributed by atoms with van der Waals surface area (Å²) in [6, 6.07) is 12.7. The summed E-state index contributed by atoms with van der Waals surface area (Å²) in [5, 5.41) is 8.71. The van der Waals surface area contributed by atoms with Crippen molar-refractivity contribution in [1.29, 1.82) is 0 Å². The van der Waals surface area contributed by atoms with Crippen LogP contribution < -0.4 is 4.90 Å². The average molecular weight is 285 g/mol. The molecule has 0 saturated heterocycles. The van der Waals surface area contributed by atoms with Crippen LogP contribution in [-0.2, 0) is 6.54 Å². The molecule has 2 rings (SSSR count). The molecule has 0 aliphatic rings. The maximum atomic E-state index is 8.71. The van der Waals surface area contributed by atoms with Gasteiger partial charge in [-0.1, -0.05) is 24.0 Å². The fraction of sp³-hybridized carbons (Fsp3) is 0.294. The van der Waals surface area contributed by atoms with Crippen molar-refractivity contribution in [3.05, 3.63) is 51.7 Å². The number of anilines is 1. The Kier molecular flexibility index (Phi) is 5.23. The van der Waals surface area contributed by atoms with E-state index in [4.69, 9.17) is 5.11 Å². The van der Waals surface area contributed by atoms with Crippen LogP contribution in [0.5, 0.6) is 0 Å². The number of aliphatic hydroxyl groups is 1. The first-order valence-electron chi connectivity index (χ1n) is 6.65. The molecule has 20 heavy (non-hydrogen) atoms. The Bertz CT molecular complexity index is 621. The second-order valence-corrected chi connectivity index (χ2v) is 5.90. The van der Waals surface area contributed by atoms with Gasteiger partial charge in [-0.25, -0.2) is 0 Å². The zero-order chi connectivity index (χ0) is 14.4. The van der Waals surface area contributed by atoms with Gasteiger partial charge in [0, 0.05) is 24.0 Å². The first-order valence-corrected chi connectivity index (χ1v) is 7.47. The minimum atomic E-state index is 0.126. The Labute approximate surface area is 124 Å². The minimum Gasteiger partial charge on any atom is -0.395 e. The molecule has 0 aliphatic carbocycles. The van der Waals surface area contributed by atoms with E-state index in [1.807, 2.05) is 0 Å². The Balaban J connectivity index is 2.02. The monoisotopic (exact) mass is 285 g/mol. The van der Waals surface area contributed by atoms with E-state index >= 15 is 0 Å². The highest BCUT2D eigenvalue weighted by atomic mass is 32.1. The summed E-state index contributed by atoms with van der Waals surface area (Å²) < 4.78 is 0. The molecule has 2 nitrogen and oxygen atoms in total. The molecule has 0 atom stereocenters. The van der Waals surface area contributed by atoms with Crippen LogP contribution in [0.3, 0.4) is 0 Å². The van der Waals surface area contributed by atoms with Crippen LogP contribution in [0.1, 0.15) is 21.7 Å². The topological polar surface area (TPSA) is 23.5 Å². The zero-order valence-electron chi connectivity index (χ0n) is 11.9. The van der Waals surface area contributed by atoms with E-state index in [-0.39, 0.29) is 6.61 Å². The van der Waals surface area contributed by atoms with Crippen LogP contribution in [-0.4, -0.2) is 18.8 Å². The first-order chi connectivity index (χ1) is 9.69. The molecule has 1 N–H and O–H groups in total. The van der Waals surface area contributed by atoms with Gasteiger partial charge < -0.3 is 10.0 Å². The smallest absolute Gasteiger partial charge is 0.0772 e. The van der Waals surface area contributed by atoms with Gasteiger partial charge >= 0.3 is 0 Å². The van der Waals surface area contributed by atoms with E-state index in [1.165, 1.54) is 16.1 Å². The lowest BCUT2D eigenvalue weighted by Gasteiger charge is -2.18. The normalized spacial score (nSPS) is 9.95. The largest absolute Gasteiger partial charge is 0.395 e. The van der Waals surface area contributed by atoms with E-state index < -0.39 is 0 Å². The third-order valence-corrected chi connectivity index (χ3v) is 3.93. The average Bonchev–Trinajstić information content (AvgIpc) is 2.86. The maximum absolute atomic E-state index is 8.71. The van der Waals surface area contributed by atoms with Crippen LogP contribution >= 0.6 is 11.3 Å². The molecular weight excluding hydrogens is 266 g/mol. The molecule has 0 aliphatic heterocycles. The van der Waals surface area contributed by atoms with Crippen LogP contribution in [0.15, 0.2) is 36.4 Å². The van der Waals surface area contributed by atoms with Crippen LogP contribution in [0.4, 0.5) is 5.69 Å². The predicted octanol–water partition coefficient (Wildman–Crippen LogP) is 3.43. The summed E-state index contributed by atoms with van der Waals surface area (Å²) >= 11 is 1.71. The summed E-state index contributed by atoms with van der Waals surface area (Å²) in [5.74, 6) is 6.03. The fourth-order valence-electron chi connectivity index (χ4n) is 1.93. The molecule has 1 heterocycles. The molecule has 2 aromatic rings. The molecule has 0 radical (unpaired) electrons. The first kappa shape index (κ1) is 14.6. The summed E-state index contributed by atoms with van der Waals surface area (Å²) in [6.45, 7) is 3.12. The number of benzene rings is 1. The van der Waals surface area contributed by atoms with Gasteiger partial charge in [-0.15, -0.1) is 11.3 Å². The SMILES string of the molecule is Cc1cccc(N(C)Cc2ccc(C#CCCO)s2)c1. The number of thiophene rings is 1. The maximum Gasteiger partial charge on any atom is 0.0772 e. The van der Waals surface area contributed by atoms with E-state index in [2.05, 4.69) is 67.1 Å². The number of hydrogen-bond acceptors (Lipinski definition) is 3. The third kappa shape index (κ3) is 4.12. The van der Waals surface area contributed by atoms with Crippen LogP contribution in [0.25, 0.3) is 0 Å². The summed E-state index contributed by atoms with van der Waals surface area (Å²) in [6.07, 6.45) is 0.538. The minimum absolute atomic E-state index is 0.126.